The van der Waals surface area contributed by atoms with E-state index in [1.165, 1.54) is 4.90 Å². The fourth-order valence-electron chi connectivity index (χ4n) is 2.93. The molecule has 8 heteroatoms. The molecule has 30 heavy (non-hydrogen) atoms. The van der Waals surface area contributed by atoms with Crippen molar-refractivity contribution in [2.75, 3.05) is 6.61 Å². The van der Waals surface area contributed by atoms with Crippen LogP contribution in [0.5, 0.6) is 5.75 Å². The lowest BCUT2D eigenvalue weighted by Gasteiger charge is -2.31. The maximum absolute atomic E-state index is 13.1. The van der Waals surface area contributed by atoms with Crippen LogP contribution >= 0.6 is 39.1 Å². The molecule has 0 heterocycles. The zero-order valence-corrected chi connectivity index (χ0v) is 20.2. The van der Waals surface area contributed by atoms with Gasteiger partial charge in [-0.15, -0.1) is 0 Å². The number of hydrogen-bond donors (Lipinski definition) is 1. The first kappa shape index (κ1) is 24.5. The summed E-state index contributed by atoms with van der Waals surface area (Å²) in [5.41, 5.74) is 0.755. The first-order valence-electron chi connectivity index (χ1n) is 9.64. The summed E-state index contributed by atoms with van der Waals surface area (Å²) in [5, 5.41) is 3.81. The molecular formula is C22H25BrCl2N2O3. The van der Waals surface area contributed by atoms with Gasteiger partial charge >= 0.3 is 0 Å². The monoisotopic (exact) mass is 514 g/mol. The Labute approximate surface area is 195 Å². The molecule has 2 aromatic carbocycles. The van der Waals surface area contributed by atoms with Crippen molar-refractivity contribution in [3.05, 3.63) is 62.5 Å². The molecule has 0 bridgehead atoms. The summed E-state index contributed by atoms with van der Waals surface area (Å²) in [6.45, 7) is 5.56. The van der Waals surface area contributed by atoms with Crippen molar-refractivity contribution in [3.8, 4) is 5.75 Å². The highest BCUT2D eigenvalue weighted by Crippen LogP contribution is 2.28. The quantitative estimate of drug-likeness (QED) is 0.482. The first-order valence-corrected chi connectivity index (χ1v) is 11.2. The molecule has 0 unspecified atom stereocenters. The van der Waals surface area contributed by atoms with Gasteiger partial charge in [-0.05, 0) is 50.1 Å². The second-order valence-electron chi connectivity index (χ2n) is 7.06. The first-order chi connectivity index (χ1) is 14.2. The fourth-order valence-corrected chi connectivity index (χ4v) is 3.85. The van der Waals surface area contributed by atoms with Gasteiger partial charge in [-0.25, -0.2) is 0 Å². The lowest BCUT2D eigenvalue weighted by molar-refractivity contribution is -0.143. The van der Waals surface area contributed by atoms with Crippen LogP contribution < -0.4 is 10.1 Å². The molecule has 0 fully saturated rings. The van der Waals surface area contributed by atoms with Crippen LogP contribution in [0.2, 0.25) is 10.0 Å². The number of carbonyl (C=O) groups is 2. The van der Waals surface area contributed by atoms with E-state index in [-0.39, 0.29) is 31.0 Å². The molecule has 0 aliphatic rings. The molecule has 0 spiro atoms. The molecule has 1 N–H and O–H groups in total. The SMILES string of the molecule is CC[C@H](C(=O)NC(C)C)N(Cc1ccccc1Cl)C(=O)COc1ccc(Br)cc1Cl. The van der Waals surface area contributed by atoms with E-state index in [4.69, 9.17) is 27.9 Å². The minimum atomic E-state index is -0.653. The molecule has 2 rings (SSSR count). The minimum Gasteiger partial charge on any atom is -0.482 e. The van der Waals surface area contributed by atoms with Crippen molar-refractivity contribution in [3.63, 3.8) is 0 Å². The van der Waals surface area contributed by atoms with E-state index < -0.39 is 6.04 Å². The number of halogens is 3. The topological polar surface area (TPSA) is 58.6 Å². The van der Waals surface area contributed by atoms with Crippen LogP contribution in [0.1, 0.15) is 32.8 Å². The Morgan fingerprint density at radius 1 is 1.13 bits per heavy atom. The summed E-state index contributed by atoms with van der Waals surface area (Å²) in [6, 6.07) is 11.7. The maximum atomic E-state index is 13.1. The molecule has 2 amide bonds. The van der Waals surface area contributed by atoms with Gasteiger partial charge in [0.2, 0.25) is 5.91 Å². The maximum Gasteiger partial charge on any atom is 0.261 e. The van der Waals surface area contributed by atoms with E-state index in [2.05, 4.69) is 21.2 Å². The Balaban J connectivity index is 2.25. The number of amides is 2. The molecule has 0 aliphatic heterocycles. The molecule has 0 radical (unpaired) electrons. The highest BCUT2D eigenvalue weighted by Gasteiger charge is 2.29. The Morgan fingerprint density at radius 2 is 1.83 bits per heavy atom. The largest absolute Gasteiger partial charge is 0.482 e. The zero-order chi connectivity index (χ0) is 22.3. The number of ether oxygens (including phenoxy) is 1. The van der Waals surface area contributed by atoms with Crippen LogP contribution in [0.3, 0.4) is 0 Å². The van der Waals surface area contributed by atoms with Gasteiger partial charge in [-0.3, -0.25) is 9.59 Å². The zero-order valence-electron chi connectivity index (χ0n) is 17.1. The predicted molar refractivity (Wildman–Crippen MR) is 124 cm³/mol. The van der Waals surface area contributed by atoms with Gasteiger partial charge in [-0.2, -0.15) is 0 Å². The van der Waals surface area contributed by atoms with Gasteiger partial charge in [0, 0.05) is 22.1 Å². The number of benzene rings is 2. The number of carbonyl (C=O) groups excluding carboxylic acids is 2. The van der Waals surface area contributed by atoms with Crippen molar-refractivity contribution < 1.29 is 14.3 Å². The second-order valence-corrected chi connectivity index (χ2v) is 8.79. The third-order valence-electron chi connectivity index (χ3n) is 4.36. The molecule has 0 aromatic heterocycles. The van der Waals surface area contributed by atoms with E-state index in [9.17, 15) is 9.59 Å². The summed E-state index contributed by atoms with van der Waals surface area (Å²) in [7, 11) is 0. The van der Waals surface area contributed by atoms with Gasteiger partial charge in [0.05, 0.1) is 5.02 Å². The molecule has 0 saturated carbocycles. The summed E-state index contributed by atoms with van der Waals surface area (Å²) < 4.78 is 6.46. The smallest absolute Gasteiger partial charge is 0.261 e. The number of rotatable bonds is 9. The summed E-state index contributed by atoms with van der Waals surface area (Å²) in [6.07, 6.45) is 0.452. The van der Waals surface area contributed by atoms with Crippen LogP contribution in [0, 0.1) is 0 Å². The van der Waals surface area contributed by atoms with Crippen molar-refractivity contribution in [2.24, 2.45) is 0 Å². The average Bonchev–Trinajstić information content (AvgIpc) is 2.67. The van der Waals surface area contributed by atoms with Crippen LogP contribution in [0.4, 0.5) is 0 Å². The lowest BCUT2D eigenvalue weighted by atomic mass is 10.1. The molecule has 0 saturated heterocycles. The van der Waals surface area contributed by atoms with Crippen molar-refractivity contribution >= 4 is 50.9 Å². The highest BCUT2D eigenvalue weighted by molar-refractivity contribution is 9.10. The molecule has 5 nitrogen and oxygen atoms in total. The van der Waals surface area contributed by atoms with Gasteiger partial charge in [0.25, 0.3) is 5.91 Å². The summed E-state index contributed by atoms with van der Waals surface area (Å²) in [4.78, 5) is 27.4. The number of hydrogen-bond acceptors (Lipinski definition) is 3. The second kappa shape index (κ2) is 11.6. The van der Waals surface area contributed by atoms with Crippen LogP contribution in [-0.4, -0.2) is 35.4 Å². The Hall–Kier alpha value is -1.76. The van der Waals surface area contributed by atoms with Crippen molar-refractivity contribution in [2.45, 2.75) is 45.8 Å². The fraction of sp³-hybridized carbons (Fsp3) is 0.364. The third-order valence-corrected chi connectivity index (χ3v) is 5.52. The molecule has 0 aliphatic carbocycles. The van der Waals surface area contributed by atoms with Crippen LogP contribution in [-0.2, 0) is 16.1 Å². The number of nitrogens with zero attached hydrogens (tertiary/aromatic N) is 1. The summed E-state index contributed by atoms with van der Waals surface area (Å²) in [5.74, 6) is -0.153. The van der Waals surface area contributed by atoms with E-state index in [0.717, 1.165) is 10.0 Å². The van der Waals surface area contributed by atoms with Crippen molar-refractivity contribution in [1.29, 1.82) is 0 Å². The lowest BCUT2D eigenvalue weighted by Crippen LogP contribution is -2.51. The summed E-state index contributed by atoms with van der Waals surface area (Å²) >= 11 is 15.8. The van der Waals surface area contributed by atoms with Gasteiger partial charge in [0.15, 0.2) is 6.61 Å². The molecule has 162 valence electrons. The normalized spacial score (nSPS) is 11.8. The molecule has 1 atom stereocenters. The Bertz CT molecular complexity index is 892. The third kappa shape index (κ3) is 6.89. The van der Waals surface area contributed by atoms with E-state index in [1.54, 1.807) is 24.3 Å². The highest BCUT2D eigenvalue weighted by atomic mass is 79.9. The Kier molecular flexibility index (Phi) is 9.46. The average molecular weight is 516 g/mol. The van der Waals surface area contributed by atoms with Crippen molar-refractivity contribution in [1.82, 2.24) is 10.2 Å². The van der Waals surface area contributed by atoms with E-state index in [0.29, 0.717) is 22.2 Å². The van der Waals surface area contributed by atoms with Gasteiger partial charge < -0.3 is 15.0 Å². The van der Waals surface area contributed by atoms with Gasteiger partial charge in [-0.1, -0.05) is 64.3 Å². The van der Waals surface area contributed by atoms with Crippen LogP contribution in [0.15, 0.2) is 46.9 Å². The standard InChI is InChI=1S/C22H25BrCl2N2O3/c1-4-19(22(29)26-14(2)3)27(12-15-7-5-6-8-17(15)24)21(28)13-30-20-10-9-16(23)11-18(20)25/h5-11,14,19H,4,12-13H2,1-3H3,(H,26,29)/t19-/m1/s1. The predicted octanol–water partition coefficient (Wildman–Crippen LogP) is 5.47. The number of nitrogens with one attached hydrogen (secondary N) is 1. The molecule has 2 aromatic rings. The molecular weight excluding hydrogens is 491 g/mol. The Morgan fingerprint density at radius 3 is 2.43 bits per heavy atom. The van der Waals surface area contributed by atoms with E-state index >= 15 is 0 Å². The van der Waals surface area contributed by atoms with Crippen LogP contribution in [0.25, 0.3) is 0 Å². The van der Waals surface area contributed by atoms with Gasteiger partial charge in [0.1, 0.15) is 11.8 Å². The van der Waals surface area contributed by atoms with E-state index in [1.807, 2.05) is 39.0 Å². The minimum absolute atomic E-state index is 0.0402.